The average molecular weight is 466 g/mol. The molecule has 5 nitrogen and oxygen atoms in total. The highest BCUT2D eigenvalue weighted by atomic mass is 32.2. The molecule has 0 saturated carbocycles. The van der Waals surface area contributed by atoms with E-state index in [0.717, 1.165) is 6.42 Å². The van der Waals surface area contributed by atoms with Crippen molar-refractivity contribution in [1.82, 2.24) is 0 Å². The zero-order valence-electron chi connectivity index (χ0n) is 15.6. The second kappa shape index (κ2) is 7.30. The first-order valence-electron chi connectivity index (χ1n) is 9.17. The van der Waals surface area contributed by atoms with Crippen LogP contribution in [0.25, 0.3) is 0 Å². The third kappa shape index (κ3) is 4.18. The van der Waals surface area contributed by atoms with Gasteiger partial charge in [-0.1, -0.05) is 0 Å². The number of fused-ring (bicyclic) bond motifs is 3. The van der Waals surface area contributed by atoms with Crippen molar-refractivity contribution in [2.24, 2.45) is 5.92 Å². The Kier molecular flexibility index (Phi) is 5.12. The van der Waals surface area contributed by atoms with Crippen molar-refractivity contribution in [3.63, 3.8) is 0 Å². The summed E-state index contributed by atoms with van der Waals surface area (Å²) in [6.07, 6.45) is -10.1. The van der Waals surface area contributed by atoms with Crippen molar-refractivity contribution in [2.75, 3.05) is 23.2 Å². The number of hydrogen-bond acceptors (Lipinski definition) is 4. The molecule has 2 aliphatic heterocycles. The summed E-state index contributed by atoms with van der Waals surface area (Å²) in [5, 5.41) is 3.18. The van der Waals surface area contributed by atoms with Gasteiger partial charge in [0.1, 0.15) is 0 Å². The van der Waals surface area contributed by atoms with Gasteiger partial charge in [0.25, 0.3) is 10.0 Å². The van der Waals surface area contributed by atoms with Crippen molar-refractivity contribution in [1.29, 1.82) is 0 Å². The lowest BCUT2D eigenvalue weighted by Crippen LogP contribution is -2.25. The van der Waals surface area contributed by atoms with Crippen molar-refractivity contribution < 1.29 is 39.5 Å². The molecule has 2 atom stereocenters. The van der Waals surface area contributed by atoms with Crippen molar-refractivity contribution in [3.05, 3.63) is 53.1 Å². The molecular formula is C19H16F6N2O3S. The van der Waals surface area contributed by atoms with Crippen LogP contribution in [-0.2, 0) is 27.1 Å². The van der Waals surface area contributed by atoms with Crippen LogP contribution in [0.3, 0.4) is 0 Å². The van der Waals surface area contributed by atoms with E-state index in [1.807, 2.05) is 4.72 Å². The molecule has 2 heterocycles. The van der Waals surface area contributed by atoms with Gasteiger partial charge >= 0.3 is 12.4 Å². The van der Waals surface area contributed by atoms with Gasteiger partial charge in [0.15, 0.2) is 0 Å². The molecule has 2 N–H and O–H groups in total. The van der Waals surface area contributed by atoms with Crippen molar-refractivity contribution >= 4 is 21.4 Å². The van der Waals surface area contributed by atoms with E-state index < -0.39 is 39.2 Å². The number of benzene rings is 2. The minimum Gasteiger partial charge on any atom is -0.384 e. The van der Waals surface area contributed by atoms with E-state index in [4.69, 9.17) is 4.74 Å². The predicted octanol–water partition coefficient (Wildman–Crippen LogP) is 5.03. The molecule has 0 radical (unpaired) electrons. The summed E-state index contributed by atoms with van der Waals surface area (Å²) in [7, 11) is -4.37. The van der Waals surface area contributed by atoms with E-state index in [-0.39, 0.29) is 29.1 Å². The lowest BCUT2D eigenvalue weighted by atomic mass is 9.91. The van der Waals surface area contributed by atoms with E-state index in [0.29, 0.717) is 30.5 Å². The highest BCUT2D eigenvalue weighted by Gasteiger charge is 2.43. The van der Waals surface area contributed by atoms with Crippen molar-refractivity contribution in [3.8, 4) is 0 Å². The molecule has 12 heteroatoms. The number of sulfonamides is 1. The second-order valence-electron chi connectivity index (χ2n) is 7.33. The maximum Gasteiger partial charge on any atom is 0.417 e. The van der Waals surface area contributed by atoms with Gasteiger partial charge in [0, 0.05) is 36.0 Å². The molecule has 1 fully saturated rings. The molecule has 0 aromatic heterocycles. The number of alkyl halides is 6. The number of halogens is 6. The maximum absolute atomic E-state index is 13.1. The molecule has 0 spiro atoms. The average Bonchev–Trinajstić information content (AvgIpc) is 3.15. The van der Waals surface area contributed by atoms with E-state index in [1.54, 1.807) is 0 Å². The molecule has 1 unspecified atom stereocenters. The Morgan fingerprint density at radius 2 is 1.68 bits per heavy atom. The number of rotatable bonds is 3. The Morgan fingerprint density at radius 1 is 0.968 bits per heavy atom. The van der Waals surface area contributed by atoms with Crippen LogP contribution >= 0.6 is 0 Å². The first kappa shape index (κ1) is 21.8. The summed E-state index contributed by atoms with van der Waals surface area (Å²) in [6.45, 7) is 1.20. The number of nitrogens with one attached hydrogen (secondary N) is 2. The van der Waals surface area contributed by atoms with Crippen LogP contribution in [0.1, 0.15) is 29.2 Å². The largest absolute Gasteiger partial charge is 0.417 e. The van der Waals surface area contributed by atoms with Gasteiger partial charge in [-0.3, -0.25) is 4.72 Å². The third-order valence-corrected chi connectivity index (χ3v) is 6.67. The minimum atomic E-state index is -5.32. The summed E-state index contributed by atoms with van der Waals surface area (Å²) < 4.78 is 111. The molecule has 0 aliphatic carbocycles. The molecule has 0 bridgehead atoms. The summed E-state index contributed by atoms with van der Waals surface area (Å²) in [5.41, 5.74) is -3.20. The van der Waals surface area contributed by atoms with Gasteiger partial charge in [-0.2, -0.15) is 26.3 Å². The molecule has 168 valence electrons. The maximum atomic E-state index is 13.1. The molecular weight excluding hydrogens is 450 g/mol. The monoisotopic (exact) mass is 466 g/mol. The standard InChI is InChI=1S/C19H16F6N2O3S/c20-18(21,22)14-3-1-11(7-15(14)19(23,24)25)27-31(28,29)12-2-4-16-13(8-12)17-10(9-26-16)5-6-30-17/h1-4,7-8,10,17,26-27H,5-6,9H2/t10?,17-/m0/s1. The molecule has 2 aromatic rings. The molecule has 2 aliphatic rings. The first-order valence-corrected chi connectivity index (χ1v) is 10.7. The number of ether oxygens (including phenoxy) is 1. The van der Waals surface area contributed by atoms with Gasteiger partial charge in [-0.05, 0) is 42.8 Å². The van der Waals surface area contributed by atoms with Crippen LogP contribution < -0.4 is 10.0 Å². The summed E-state index contributed by atoms with van der Waals surface area (Å²) in [4.78, 5) is -0.238. The normalized spacial score (nSPS) is 21.2. The molecule has 31 heavy (non-hydrogen) atoms. The fourth-order valence-corrected chi connectivity index (χ4v) is 4.92. The van der Waals surface area contributed by atoms with E-state index >= 15 is 0 Å². The van der Waals surface area contributed by atoms with Crippen LogP contribution in [0.2, 0.25) is 0 Å². The summed E-state index contributed by atoms with van der Waals surface area (Å²) in [5.74, 6) is 0.169. The topological polar surface area (TPSA) is 67.4 Å². The van der Waals surface area contributed by atoms with Crippen LogP contribution in [0.15, 0.2) is 41.3 Å². The van der Waals surface area contributed by atoms with Crippen LogP contribution in [0, 0.1) is 5.92 Å². The third-order valence-electron chi connectivity index (χ3n) is 5.29. The van der Waals surface area contributed by atoms with Crippen LogP contribution in [0.4, 0.5) is 37.7 Å². The molecule has 0 amide bonds. The SMILES string of the molecule is O=S(=O)(Nc1ccc(C(F)(F)F)c(C(F)(F)F)c1)c1ccc2c(c1)[C@H]1OCCC1CN2. The van der Waals surface area contributed by atoms with E-state index in [9.17, 15) is 34.8 Å². The van der Waals surface area contributed by atoms with E-state index in [2.05, 4.69) is 5.32 Å². The summed E-state index contributed by atoms with van der Waals surface area (Å²) >= 11 is 0. The van der Waals surface area contributed by atoms with Crippen LogP contribution in [-0.4, -0.2) is 21.6 Å². The zero-order chi connectivity index (χ0) is 22.6. The molecule has 4 rings (SSSR count). The van der Waals surface area contributed by atoms with E-state index in [1.165, 1.54) is 18.2 Å². The Morgan fingerprint density at radius 3 is 2.35 bits per heavy atom. The molecule has 1 saturated heterocycles. The lowest BCUT2D eigenvalue weighted by molar-refractivity contribution is -0.162. The molecule has 2 aromatic carbocycles. The lowest BCUT2D eigenvalue weighted by Gasteiger charge is -2.28. The Bertz CT molecular complexity index is 1110. The van der Waals surface area contributed by atoms with Gasteiger partial charge in [-0.15, -0.1) is 0 Å². The summed E-state index contributed by atoms with van der Waals surface area (Å²) in [6, 6.07) is 5.13. The highest BCUT2D eigenvalue weighted by molar-refractivity contribution is 7.92. The number of anilines is 2. The van der Waals surface area contributed by atoms with Crippen LogP contribution in [0.5, 0.6) is 0 Å². The Hall–Kier alpha value is -2.47. The fourth-order valence-electron chi connectivity index (χ4n) is 3.84. The predicted molar refractivity (Wildman–Crippen MR) is 99.0 cm³/mol. The smallest absolute Gasteiger partial charge is 0.384 e. The second-order valence-corrected chi connectivity index (χ2v) is 9.01. The Labute approximate surface area is 173 Å². The van der Waals surface area contributed by atoms with Crippen molar-refractivity contribution in [2.45, 2.75) is 29.8 Å². The fraction of sp³-hybridized carbons (Fsp3) is 0.368. The quantitative estimate of drug-likeness (QED) is 0.623. The van der Waals surface area contributed by atoms with Gasteiger partial charge < -0.3 is 10.1 Å². The first-order chi connectivity index (χ1) is 14.4. The zero-order valence-corrected chi connectivity index (χ0v) is 16.5. The van der Waals surface area contributed by atoms with Gasteiger partial charge in [-0.25, -0.2) is 8.42 Å². The minimum absolute atomic E-state index is 0.135. The van der Waals surface area contributed by atoms with Gasteiger partial charge in [0.05, 0.1) is 22.1 Å². The Balaban J connectivity index is 1.68. The van der Waals surface area contributed by atoms with Gasteiger partial charge in [0.2, 0.25) is 0 Å². The highest BCUT2D eigenvalue weighted by Crippen LogP contribution is 2.43. The number of hydrogen-bond donors (Lipinski definition) is 2.